The largest absolute Gasteiger partial charge is 0.477 e. The normalized spacial score (nSPS) is 23.0. The van der Waals surface area contributed by atoms with Crippen molar-refractivity contribution in [1.82, 2.24) is 10.2 Å². The fourth-order valence-electron chi connectivity index (χ4n) is 2.45. The van der Waals surface area contributed by atoms with Crippen LogP contribution in [-0.4, -0.2) is 57.8 Å². The lowest BCUT2D eigenvalue weighted by Gasteiger charge is -2.48. The summed E-state index contributed by atoms with van der Waals surface area (Å²) in [6, 6.07) is 2.29. The fraction of sp³-hybridized carbons (Fsp3) is 0.286. The average Bonchev–Trinajstić information content (AvgIpc) is 3.10. The Morgan fingerprint density at radius 2 is 2.33 bits per heavy atom. The molecule has 2 amide bonds. The van der Waals surface area contributed by atoms with E-state index in [2.05, 4.69) is 15.3 Å². The number of oxime groups is 1. The van der Waals surface area contributed by atoms with Crippen molar-refractivity contribution in [2.24, 2.45) is 5.16 Å². The van der Waals surface area contributed by atoms with Gasteiger partial charge in [0.25, 0.3) is 11.8 Å². The van der Waals surface area contributed by atoms with Gasteiger partial charge in [0.05, 0.1) is 6.26 Å². The number of carboxylic acid groups (broad SMARTS) is 1. The molecule has 2 atom stereocenters. The van der Waals surface area contributed by atoms with E-state index in [0.29, 0.717) is 5.75 Å². The average molecular weight is 351 g/mol. The van der Waals surface area contributed by atoms with E-state index in [1.54, 1.807) is 6.07 Å². The zero-order valence-corrected chi connectivity index (χ0v) is 13.3. The minimum Gasteiger partial charge on any atom is -0.477 e. The number of carbonyl (C=O) groups excluding carboxylic acids is 2. The minimum absolute atomic E-state index is 0.0638. The number of nitrogens with zero attached hydrogens (tertiary/aromatic N) is 2. The SMILES string of the molecule is CON=C(C(=O)N[C@@H]1C(=O)N2C(C(=O)O)=CCS[C@H]12)c1ccco1. The molecule has 10 heteroatoms. The zero-order valence-electron chi connectivity index (χ0n) is 12.5. The van der Waals surface area contributed by atoms with Crippen LogP contribution in [0.4, 0.5) is 0 Å². The summed E-state index contributed by atoms with van der Waals surface area (Å²) in [6.07, 6.45) is 2.85. The van der Waals surface area contributed by atoms with Gasteiger partial charge in [0.15, 0.2) is 5.76 Å². The summed E-state index contributed by atoms with van der Waals surface area (Å²) >= 11 is 1.37. The van der Waals surface area contributed by atoms with Crippen LogP contribution in [0.2, 0.25) is 0 Å². The summed E-state index contributed by atoms with van der Waals surface area (Å²) < 4.78 is 5.13. The molecule has 3 rings (SSSR count). The van der Waals surface area contributed by atoms with Gasteiger partial charge in [-0.15, -0.1) is 11.8 Å². The zero-order chi connectivity index (χ0) is 17.3. The van der Waals surface area contributed by atoms with Gasteiger partial charge in [-0.3, -0.25) is 14.5 Å². The van der Waals surface area contributed by atoms with Crippen LogP contribution in [0.3, 0.4) is 0 Å². The maximum absolute atomic E-state index is 12.4. The van der Waals surface area contributed by atoms with Gasteiger partial charge < -0.3 is 19.7 Å². The molecule has 1 aromatic rings. The number of β-lactam (4-membered cyclic amide) rings is 1. The van der Waals surface area contributed by atoms with Crippen molar-refractivity contribution in [3.05, 3.63) is 35.9 Å². The van der Waals surface area contributed by atoms with Crippen molar-refractivity contribution in [2.45, 2.75) is 11.4 Å². The molecule has 0 spiro atoms. The Morgan fingerprint density at radius 1 is 1.54 bits per heavy atom. The fourth-order valence-corrected chi connectivity index (χ4v) is 3.65. The standard InChI is InChI=1S/C14H13N3O6S/c1-22-16-9(8-3-2-5-23-8)11(18)15-10-12(19)17-7(14(20)21)4-6-24-13(10)17/h2-5,10,13H,6H2,1H3,(H,15,18)(H,20,21)/t10-,13-/m1/s1. The number of thioether (sulfide) groups is 1. The number of furan rings is 1. The van der Waals surface area contributed by atoms with Crippen LogP contribution in [0, 0.1) is 0 Å². The molecule has 24 heavy (non-hydrogen) atoms. The van der Waals surface area contributed by atoms with Crippen molar-refractivity contribution in [2.75, 3.05) is 12.9 Å². The molecule has 1 fully saturated rings. The number of rotatable bonds is 5. The molecule has 2 aliphatic rings. The van der Waals surface area contributed by atoms with E-state index in [4.69, 9.17) is 9.52 Å². The smallest absolute Gasteiger partial charge is 0.352 e. The first-order valence-corrected chi connectivity index (χ1v) is 7.93. The topological polar surface area (TPSA) is 121 Å². The van der Waals surface area contributed by atoms with Gasteiger partial charge >= 0.3 is 5.97 Å². The van der Waals surface area contributed by atoms with Gasteiger partial charge in [0, 0.05) is 5.75 Å². The second-order valence-electron chi connectivity index (χ2n) is 4.88. The Kier molecular flexibility index (Phi) is 4.30. The third kappa shape index (κ3) is 2.64. The highest BCUT2D eigenvalue weighted by Crippen LogP contribution is 2.37. The molecule has 1 saturated heterocycles. The monoisotopic (exact) mass is 351 g/mol. The van der Waals surface area contributed by atoms with E-state index in [0.717, 1.165) is 0 Å². The molecular weight excluding hydrogens is 338 g/mol. The first-order chi connectivity index (χ1) is 11.5. The van der Waals surface area contributed by atoms with Gasteiger partial charge in [0.2, 0.25) is 5.71 Å². The number of hydrogen-bond acceptors (Lipinski definition) is 7. The van der Waals surface area contributed by atoms with Crippen LogP contribution in [0.1, 0.15) is 5.76 Å². The van der Waals surface area contributed by atoms with Crippen LogP contribution in [0.15, 0.2) is 39.7 Å². The molecule has 0 radical (unpaired) electrons. The summed E-state index contributed by atoms with van der Waals surface area (Å²) in [6.45, 7) is 0. The van der Waals surface area contributed by atoms with Crippen molar-refractivity contribution in [3.8, 4) is 0 Å². The van der Waals surface area contributed by atoms with Gasteiger partial charge in [-0.2, -0.15) is 0 Å². The molecule has 0 saturated carbocycles. The summed E-state index contributed by atoms with van der Waals surface area (Å²) in [7, 11) is 1.29. The molecule has 1 aromatic heterocycles. The maximum Gasteiger partial charge on any atom is 0.352 e. The number of carbonyl (C=O) groups is 3. The summed E-state index contributed by atoms with van der Waals surface area (Å²) in [5.41, 5.74) is -0.172. The van der Waals surface area contributed by atoms with Crippen LogP contribution in [0.25, 0.3) is 0 Å². The van der Waals surface area contributed by atoms with E-state index in [1.807, 2.05) is 0 Å². The van der Waals surface area contributed by atoms with Crippen molar-refractivity contribution >= 4 is 35.3 Å². The van der Waals surface area contributed by atoms with E-state index < -0.39 is 29.2 Å². The summed E-state index contributed by atoms with van der Waals surface area (Å²) in [4.78, 5) is 41.6. The van der Waals surface area contributed by atoms with Gasteiger partial charge in [-0.05, 0) is 18.2 Å². The highest BCUT2D eigenvalue weighted by atomic mass is 32.2. The first kappa shape index (κ1) is 16.1. The Labute approximate surface area is 140 Å². The van der Waals surface area contributed by atoms with E-state index in [9.17, 15) is 14.4 Å². The second-order valence-corrected chi connectivity index (χ2v) is 6.03. The summed E-state index contributed by atoms with van der Waals surface area (Å²) in [5, 5.41) is 14.8. The molecule has 2 aliphatic heterocycles. The number of amides is 2. The lowest BCUT2D eigenvalue weighted by molar-refractivity contribution is -0.150. The molecule has 2 N–H and O–H groups in total. The molecule has 0 unspecified atom stereocenters. The number of hydrogen-bond donors (Lipinski definition) is 2. The van der Waals surface area contributed by atoms with E-state index in [1.165, 1.54) is 42.2 Å². The third-order valence-corrected chi connectivity index (χ3v) is 4.69. The Morgan fingerprint density at radius 3 is 2.96 bits per heavy atom. The molecule has 0 bridgehead atoms. The highest BCUT2D eigenvalue weighted by molar-refractivity contribution is 8.00. The van der Waals surface area contributed by atoms with E-state index in [-0.39, 0.29) is 17.2 Å². The van der Waals surface area contributed by atoms with Crippen molar-refractivity contribution in [3.63, 3.8) is 0 Å². The number of aliphatic carboxylic acids is 1. The van der Waals surface area contributed by atoms with Crippen LogP contribution in [0.5, 0.6) is 0 Å². The third-order valence-electron chi connectivity index (χ3n) is 3.50. The molecule has 0 aromatic carbocycles. The highest BCUT2D eigenvalue weighted by Gasteiger charge is 2.53. The van der Waals surface area contributed by atoms with Gasteiger partial charge in [0.1, 0.15) is 24.2 Å². The lowest BCUT2D eigenvalue weighted by atomic mass is 10.0. The van der Waals surface area contributed by atoms with Crippen molar-refractivity contribution < 1.29 is 28.7 Å². The first-order valence-electron chi connectivity index (χ1n) is 6.88. The van der Waals surface area contributed by atoms with Crippen molar-refractivity contribution in [1.29, 1.82) is 0 Å². The Hall–Kier alpha value is -2.75. The molecule has 9 nitrogen and oxygen atoms in total. The van der Waals surface area contributed by atoms with Gasteiger partial charge in [-0.25, -0.2) is 4.79 Å². The molecule has 0 aliphatic carbocycles. The maximum atomic E-state index is 12.4. The number of carboxylic acids is 1. The molecule has 3 heterocycles. The predicted molar refractivity (Wildman–Crippen MR) is 83.0 cm³/mol. The van der Waals surface area contributed by atoms with Crippen LogP contribution in [-0.2, 0) is 19.2 Å². The quantitative estimate of drug-likeness (QED) is 0.435. The summed E-state index contributed by atoms with van der Waals surface area (Å²) in [5.74, 6) is -1.65. The Bertz CT molecular complexity index is 742. The lowest BCUT2D eigenvalue weighted by Crippen LogP contribution is -2.70. The van der Waals surface area contributed by atoms with Gasteiger partial charge in [-0.1, -0.05) is 5.16 Å². The Balaban J connectivity index is 1.74. The molecule has 126 valence electrons. The van der Waals surface area contributed by atoms with Crippen LogP contribution >= 0.6 is 11.8 Å². The van der Waals surface area contributed by atoms with E-state index >= 15 is 0 Å². The second kappa shape index (κ2) is 6.40. The minimum atomic E-state index is -1.17. The molecular formula is C14H13N3O6S. The predicted octanol–water partition coefficient (Wildman–Crippen LogP) is -0.00150. The van der Waals surface area contributed by atoms with Crippen LogP contribution < -0.4 is 5.32 Å². The number of nitrogens with one attached hydrogen (secondary N) is 1. The number of fused-ring (bicyclic) bond motifs is 1.